The maximum Gasteiger partial charge on any atom is 0.123 e. The monoisotopic (exact) mass is 265 g/mol. The Morgan fingerprint density at radius 2 is 2.17 bits per heavy atom. The van der Waals surface area contributed by atoms with Gasteiger partial charge in [0.1, 0.15) is 5.76 Å². The van der Waals surface area contributed by atoms with Gasteiger partial charge in [-0.05, 0) is 36.8 Å². The van der Waals surface area contributed by atoms with Crippen LogP contribution in [-0.4, -0.2) is 12.2 Å². The average molecular weight is 266 g/mol. The summed E-state index contributed by atoms with van der Waals surface area (Å²) in [6, 6.07) is 9.37. The van der Waals surface area contributed by atoms with E-state index < -0.39 is 6.10 Å². The highest BCUT2D eigenvalue weighted by Gasteiger charge is 2.10. The van der Waals surface area contributed by atoms with Crippen LogP contribution in [-0.2, 0) is 6.54 Å². The summed E-state index contributed by atoms with van der Waals surface area (Å²) in [7, 11) is 1.95. The molecule has 0 saturated heterocycles. The zero-order chi connectivity index (χ0) is 13.1. The molecular formula is C14H16ClNO2. The van der Waals surface area contributed by atoms with Gasteiger partial charge in [-0.15, -0.1) is 0 Å². The molecule has 1 aromatic carbocycles. The van der Waals surface area contributed by atoms with Gasteiger partial charge in [0.25, 0.3) is 0 Å². The molecule has 96 valence electrons. The van der Waals surface area contributed by atoms with Crippen LogP contribution in [0.4, 0.5) is 5.69 Å². The van der Waals surface area contributed by atoms with Crippen LogP contribution < -0.4 is 4.90 Å². The molecule has 0 bridgehead atoms. The molecule has 0 aliphatic heterocycles. The van der Waals surface area contributed by atoms with Crippen LogP contribution in [0.2, 0.25) is 5.02 Å². The van der Waals surface area contributed by atoms with E-state index in [-0.39, 0.29) is 0 Å². The third-order valence-corrected chi connectivity index (χ3v) is 3.14. The fourth-order valence-electron chi connectivity index (χ4n) is 1.81. The molecule has 0 aliphatic rings. The summed E-state index contributed by atoms with van der Waals surface area (Å²) >= 11 is 6.23. The van der Waals surface area contributed by atoms with E-state index in [1.165, 1.54) is 0 Å². The third-order valence-electron chi connectivity index (χ3n) is 2.84. The molecule has 0 saturated carbocycles. The topological polar surface area (TPSA) is 36.6 Å². The van der Waals surface area contributed by atoms with E-state index in [0.717, 1.165) is 17.0 Å². The van der Waals surface area contributed by atoms with E-state index in [0.29, 0.717) is 11.6 Å². The Morgan fingerprint density at radius 3 is 2.72 bits per heavy atom. The minimum absolute atomic E-state index is 0.507. The number of anilines is 1. The zero-order valence-corrected chi connectivity index (χ0v) is 11.2. The van der Waals surface area contributed by atoms with Crippen molar-refractivity contribution < 1.29 is 9.52 Å². The largest absolute Gasteiger partial charge is 0.467 e. The molecule has 0 spiro atoms. The lowest BCUT2D eigenvalue weighted by molar-refractivity contribution is 0.199. The molecule has 2 rings (SSSR count). The van der Waals surface area contributed by atoms with E-state index in [2.05, 4.69) is 0 Å². The summed E-state index contributed by atoms with van der Waals surface area (Å²) < 4.78 is 5.30. The quantitative estimate of drug-likeness (QED) is 0.917. The highest BCUT2D eigenvalue weighted by Crippen LogP contribution is 2.29. The summed E-state index contributed by atoms with van der Waals surface area (Å²) in [4.78, 5) is 2.01. The molecule has 1 unspecified atom stereocenters. The molecule has 0 amide bonds. The molecule has 4 heteroatoms. The molecular weight excluding hydrogens is 250 g/mol. The summed E-state index contributed by atoms with van der Waals surface area (Å²) in [5.74, 6) is 0.883. The predicted octanol–water partition coefficient (Wildman–Crippen LogP) is 3.62. The van der Waals surface area contributed by atoms with Crippen molar-refractivity contribution in [3.05, 3.63) is 52.9 Å². The van der Waals surface area contributed by atoms with Crippen molar-refractivity contribution >= 4 is 17.3 Å². The minimum atomic E-state index is -0.507. The van der Waals surface area contributed by atoms with Crippen molar-refractivity contribution in [2.45, 2.75) is 19.6 Å². The predicted molar refractivity (Wildman–Crippen MR) is 72.9 cm³/mol. The van der Waals surface area contributed by atoms with Crippen LogP contribution in [0, 0.1) is 0 Å². The second kappa shape index (κ2) is 5.46. The van der Waals surface area contributed by atoms with Gasteiger partial charge in [0, 0.05) is 7.05 Å². The first-order valence-electron chi connectivity index (χ1n) is 5.79. The van der Waals surface area contributed by atoms with Crippen molar-refractivity contribution in [2.24, 2.45) is 0 Å². The smallest absolute Gasteiger partial charge is 0.123 e. The fourth-order valence-corrected chi connectivity index (χ4v) is 2.15. The number of hydrogen-bond donors (Lipinski definition) is 1. The Balaban J connectivity index is 2.17. The number of halogens is 1. The summed E-state index contributed by atoms with van der Waals surface area (Å²) in [5.41, 5.74) is 1.73. The van der Waals surface area contributed by atoms with Gasteiger partial charge in [-0.25, -0.2) is 0 Å². The highest BCUT2D eigenvalue weighted by molar-refractivity contribution is 6.33. The standard InChI is InChI=1S/C14H16ClNO2/c1-10(17)11-5-6-14(13(15)8-11)16(2)9-12-4-3-7-18-12/h3-8,10,17H,9H2,1-2H3. The van der Waals surface area contributed by atoms with Crippen LogP contribution >= 0.6 is 11.6 Å². The first-order chi connectivity index (χ1) is 8.58. The van der Waals surface area contributed by atoms with Gasteiger partial charge < -0.3 is 14.4 Å². The van der Waals surface area contributed by atoms with E-state index in [1.807, 2.05) is 36.2 Å². The number of furan rings is 1. The third kappa shape index (κ3) is 2.86. The van der Waals surface area contributed by atoms with Gasteiger partial charge in [0.05, 0.1) is 29.6 Å². The Labute approximate surface area is 112 Å². The van der Waals surface area contributed by atoms with E-state index in [1.54, 1.807) is 19.3 Å². The van der Waals surface area contributed by atoms with E-state index in [4.69, 9.17) is 16.0 Å². The Morgan fingerprint density at radius 1 is 1.39 bits per heavy atom. The van der Waals surface area contributed by atoms with Crippen molar-refractivity contribution in [3.63, 3.8) is 0 Å². The number of benzene rings is 1. The molecule has 18 heavy (non-hydrogen) atoms. The van der Waals surface area contributed by atoms with Crippen LogP contribution in [0.5, 0.6) is 0 Å². The Kier molecular flexibility index (Phi) is 3.94. The lowest BCUT2D eigenvalue weighted by Gasteiger charge is -2.20. The second-order valence-electron chi connectivity index (χ2n) is 4.32. The molecule has 1 atom stereocenters. The van der Waals surface area contributed by atoms with Crippen molar-refractivity contribution in [1.29, 1.82) is 0 Å². The van der Waals surface area contributed by atoms with Crippen molar-refractivity contribution in [1.82, 2.24) is 0 Å². The van der Waals surface area contributed by atoms with Gasteiger partial charge >= 0.3 is 0 Å². The van der Waals surface area contributed by atoms with Crippen LogP contribution in [0.15, 0.2) is 41.0 Å². The zero-order valence-electron chi connectivity index (χ0n) is 10.4. The highest BCUT2D eigenvalue weighted by atomic mass is 35.5. The number of rotatable bonds is 4. The second-order valence-corrected chi connectivity index (χ2v) is 4.73. The van der Waals surface area contributed by atoms with Crippen LogP contribution in [0.3, 0.4) is 0 Å². The van der Waals surface area contributed by atoms with Gasteiger partial charge in [-0.1, -0.05) is 17.7 Å². The van der Waals surface area contributed by atoms with Gasteiger partial charge in [0.2, 0.25) is 0 Å². The molecule has 1 aromatic heterocycles. The molecule has 0 aliphatic carbocycles. The summed E-state index contributed by atoms with van der Waals surface area (Å²) in [6.07, 6.45) is 1.15. The van der Waals surface area contributed by atoms with Gasteiger partial charge in [-0.3, -0.25) is 0 Å². The van der Waals surface area contributed by atoms with Gasteiger partial charge in [0.15, 0.2) is 0 Å². The normalized spacial score (nSPS) is 12.4. The Bertz CT molecular complexity index is 509. The SMILES string of the molecule is CC(O)c1ccc(N(C)Cc2ccco2)c(Cl)c1. The van der Waals surface area contributed by atoms with Gasteiger partial charge in [-0.2, -0.15) is 0 Å². The maximum absolute atomic E-state index is 9.50. The minimum Gasteiger partial charge on any atom is -0.467 e. The van der Waals surface area contributed by atoms with E-state index in [9.17, 15) is 5.11 Å². The first kappa shape index (κ1) is 13.0. The number of nitrogens with zero attached hydrogens (tertiary/aromatic N) is 1. The number of aliphatic hydroxyl groups excluding tert-OH is 1. The number of aliphatic hydroxyl groups is 1. The molecule has 0 radical (unpaired) electrons. The maximum atomic E-state index is 9.50. The molecule has 1 heterocycles. The fraction of sp³-hybridized carbons (Fsp3) is 0.286. The summed E-state index contributed by atoms with van der Waals surface area (Å²) in [5, 5.41) is 10.1. The molecule has 0 fully saturated rings. The van der Waals surface area contributed by atoms with Crippen molar-refractivity contribution in [3.8, 4) is 0 Å². The van der Waals surface area contributed by atoms with E-state index >= 15 is 0 Å². The first-order valence-corrected chi connectivity index (χ1v) is 6.16. The number of hydrogen-bond acceptors (Lipinski definition) is 3. The summed E-state index contributed by atoms with van der Waals surface area (Å²) in [6.45, 7) is 2.37. The Hall–Kier alpha value is -1.45. The van der Waals surface area contributed by atoms with Crippen LogP contribution in [0.25, 0.3) is 0 Å². The molecule has 2 aromatic rings. The average Bonchev–Trinajstić information content (AvgIpc) is 2.81. The lowest BCUT2D eigenvalue weighted by atomic mass is 10.1. The van der Waals surface area contributed by atoms with Crippen molar-refractivity contribution in [2.75, 3.05) is 11.9 Å². The molecule has 3 nitrogen and oxygen atoms in total. The lowest BCUT2D eigenvalue weighted by Crippen LogP contribution is -2.16. The molecule has 1 N–H and O–H groups in total. The van der Waals surface area contributed by atoms with Crippen LogP contribution in [0.1, 0.15) is 24.4 Å².